The summed E-state index contributed by atoms with van der Waals surface area (Å²) in [6, 6.07) is 0. The first-order valence-corrected chi connectivity index (χ1v) is 6.10. The number of hydrogen-bond donors (Lipinski definition) is 2. The topological polar surface area (TPSA) is 71.1 Å². The highest BCUT2D eigenvalue weighted by Gasteiger charge is 2.35. The molecule has 0 aromatic carbocycles. The average Bonchev–Trinajstić information content (AvgIpc) is 2.58. The minimum Gasteiger partial charge on any atom is -0.362 e. The van der Waals surface area contributed by atoms with Crippen LogP contribution in [0.3, 0.4) is 0 Å². The number of nitrogens with zero attached hydrogens (tertiary/aromatic N) is 1. The molecule has 1 aliphatic heterocycles. The van der Waals surface area contributed by atoms with Crippen molar-refractivity contribution in [2.24, 2.45) is 0 Å². The molecule has 0 radical (unpaired) electrons. The van der Waals surface area contributed by atoms with Crippen LogP contribution in [0.2, 0.25) is 0 Å². The smallest absolute Gasteiger partial charge is 0.247 e. The van der Waals surface area contributed by atoms with Crippen LogP contribution in [-0.4, -0.2) is 28.0 Å². The van der Waals surface area contributed by atoms with E-state index in [4.69, 9.17) is 0 Å². The van der Waals surface area contributed by atoms with Gasteiger partial charge in [0, 0.05) is 6.54 Å². The third-order valence-corrected chi connectivity index (χ3v) is 3.74. The highest BCUT2D eigenvalue weighted by Crippen LogP contribution is 2.32. The van der Waals surface area contributed by atoms with Crippen molar-refractivity contribution in [3.8, 4) is 0 Å². The molecule has 1 unspecified atom stereocenters. The second-order valence-corrected chi connectivity index (χ2v) is 4.86. The lowest BCUT2D eigenvalue weighted by Crippen LogP contribution is -2.35. The number of fused-ring (bicyclic) bond motifs is 1. The van der Waals surface area contributed by atoms with Crippen molar-refractivity contribution in [2.45, 2.75) is 11.8 Å². The number of aromatic nitrogens is 1. The van der Waals surface area contributed by atoms with Crippen molar-refractivity contribution in [1.82, 2.24) is 4.98 Å². The summed E-state index contributed by atoms with van der Waals surface area (Å²) in [5.74, 6) is -0.224. The largest absolute Gasteiger partial charge is 0.362 e. The molecule has 0 fully saturated rings. The van der Waals surface area contributed by atoms with E-state index >= 15 is 0 Å². The Morgan fingerprint density at radius 1 is 1.60 bits per heavy atom. The van der Waals surface area contributed by atoms with E-state index in [9.17, 15) is 9.59 Å². The Morgan fingerprint density at radius 3 is 3.00 bits per heavy atom. The first-order chi connectivity index (χ1) is 7.13. The number of anilines is 2. The van der Waals surface area contributed by atoms with Crippen molar-refractivity contribution >= 4 is 49.9 Å². The fourth-order valence-electron chi connectivity index (χ4n) is 1.21. The number of rotatable bonds is 2. The Balaban J connectivity index is 2.38. The zero-order chi connectivity index (χ0) is 11.0. The van der Waals surface area contributed by atoms with Gasteiger partial charge in [0.1, 0.15) is 4.88 Å². The molecule has 15 heavy (non-hydrogen) atoms. The van der Waals surface area contributed by atoms with E-state index in [1.807, 2.05) is 6.92 Å². The van der Waals surface area contributed by atoms with E-state index in [-0.39, 0.29) is 11.7 Å². The number of Topliss-reactive ketones (excluding diaryl/α,β-unsaturated/α-hetero) is 1. The number of carbonyl (C=O) groups is 2. The van der Waals surface area contributed by atoms with E-state index in [0.717, 1.165) is 6.54 Å². The molecular formula is C8H8BrN3O2S. The Morgan fingerprint density at radius 2 is 2.33 bits per heavy atom. The Kier molecular flexibility index (Phi) is 2.74. The summed E-state index contributed by atoms with van der Waals surface area (Å²) in [5, 5.41) is 6.23. The molecule has 0 bridgehead atoms. The summed E-state index contributed by atoms with van der Waals surface area (Å²) >= 11 is 4.29. The number of thiazole rings is 1. The predicted octanol–water partition coefficient (Wildman–Crippen LogP) is 1.47. The second kappa shape index (κ2) is 3.90. The van der Waals surface area contributed by atoms with Crippen LogP contribution >= 0.6 is 27.3 Å². The third kappa shape index (κ3) is 1.76. The monoisotopic (exact) mass is 289 g/mol. The first-order valence-electron chi connectivity index (χ1n) is 4.37. The molecule has 2 rings (SSSR count). The first kappa shape index (κ1) is 10.6. The van der Waals surface area contributed by atoms with Gasteiger partial charge in [-0.2, -0.15) is 0 Å². The molecule has 1 atom stereocenters. The fraction of sp³-hybridized carbons (Fsp3) is 0.375. The van der Waals surface area contributed by atoms with Crippen LogP contribution in [0.25, 0.3) is 0 Å². The number of alkyl halides is 1. The van der Waals surface area contributed by atoms with Crippen LogP contribution in [0.1, 0.15) is 16.6 Å². The summed E-state index contributed by atoms with van der Waals surface area (Å²) in [4.78, 5) is 26.8. The number of carbonyl (C=O) groups excluding carboxylic acids is 2. The Labute approximate surface area is 98.4 Å². The van der Waals surface area contributed by atoms with E-state index in [1.54, 1.807) is 0 Å². The van der Waals surface area contributed by atoms with Crippen molar-refractivity contribution in [1.29, 1.82) is 0 Å². The van der Waals surface area contributed by atoms with Crippen LogP contribution < -0.4 is 10.6 Å². The van der Waals surface area contributed by atoms with Gasteiger partial charge >= 0.3 is 0 Å². The molecule has 1 amide bonds. The van der Waals surface area contributed by atoms with E-state index in [1.165, 1.54) is 11.3 Å². The molecule has 7 heteroatoms. The highest BCUT2D eigenvalue weighted by atomic mass is 79.9. The van der Waals surface area contributed by atoms with Gasteiger partial charge in [0.05, 0.1) is 0 Å². The summed E-state index contributed by atoms with van der Waals surface area (Å²) in [6.07, 6.45) is 0. The maximum absolute atomic E-state index is 11.7. The molecule has 0 spiro atoms. The van der Waals surface area contributed by atoms with Crippen molar-refractivity contribution in [3.63, 3.8) is 0 Å². The molecule has 2 N–H and O–H groups in total. The summed E-state index contributed by atoms with van der Waals surface area (Å²) in [5.41, 5.74) is 0. The van der Waals surface area contributed by atoms with E-state index in [2.05, 4.69) is 31.5 Å². The van der Waals surface area contributed by atoms with Crippen molar-refractivity contribution in [3.05, 3.63) is 4.88 Å². The van der Waals surface area contributed by atoms with Crippen LogP contribution in [0.4, 0.5) is 10.9 Å². The van der Waals surface area contributed by atoms with Crippen LogP contribution in [0, 0.1) is 0 Å². The molecule has 5 nitrogen and oxygen atoms in total. The molecule has 1 aromatic rings. The zero-order valence-electron chi connectivity index (χ0n) is 7.83. The van der Waals surface area contributed by atoms with Gasteiger partial charge in [0.15, 0.2) is 21.6 Å². The highest BCUT2D eigenvalue weighted by molar-refractivity contribution is 9.10. The van der Waals surface area contributed by atoms with Gasteiger partial charge in [0.25, 0.3) is 0 Å². The molecule has 1 aromatic heterocycles. The zero-order valence-corrected chi connectivity index (χ0v) is 10.2. The molecule has 0 saturated carbocycles. The summed E-state index contributed by atoms with van der Waals surface area (Å²) in [7, 11) is 0. The molecule has 2 heterocycles. The lowest BCUT2D eigenvalue weighted by atomic mass is 10.2. The predicted molar refractivity (Wildman–Crippen MR) is 62.0 cm³/mol. The average molecular weight is 290 g/mol. The number of hydrogen-bond acceptors (Lipinski definition) is 5. The van der Waals surface area contributed by atoms with E-state index < -0.39 is 4.83 Å². The van der Waals surface area contributed by atoms with Crippen LogP contribution in [0.15, 0.2) is 0 Å². The lowest BCUT2D eigenvalue weighted by molar-refractivity contribution is -0.115. The molecular weight excluding hydrogens is 282 g/mol. The molecule has 80 valence electrons. The maximum atomic E-state index is 11.7. The van der Waals surface area contributed by atoms with Gasteiger partial charge in [0.2, 0.25) is 5.91 Å². The summed E-state index contributed by atoms with van der Waals surface area (Å²) in [6.45, 7) is 2.67. The number of ketones is 1. The standard InChI is InChI=1S/C8H8BrN3O2S/c1-2-10-8-12-6-5(15-8)4(13)3(9)7(14)11-6/h3H,2H2,1H3,(H,10,12)(H,11,14). The van der Waals surface area contributed by atoms with Crippen LogP contribution in [-0.2, 0) is 4.79 Å². The van der Waals surface area contributed by atoms with Crippen LogP contribution in [0.5, 0.6) is 0 Å². The Hall–Kier alpha value is -0.950. The van der Waals surface area contributed by atoms with Gasteiger partial charge in [-0.3, -0.25) is 9.59 Å². The third-order valence-electron chi connectivity index (χ3n) is 1.88. The number of nitrogens with one attached hydrogen (secondary N) is 2. The van der Waals surface area contributed by atoms with Crippen molar-refractivity contribution in [2.75, 3.05) is 17.2 Å². The number of halogens is 1. The van der Waals surface area contributed by atoms with Gasteiger partial charge in [-0.1, -0.05) is 27.3 Å². The summed E-state index contributed by atoms with van der Waals surface area (Å²) < 4.78 is 0. The molecule has 1 aliphatic rings. The molecule has 0 saturated heterocycles. The van der Waals surface area contributed by atoms with E-state index in [0.29, 0.717) is 15.8 Å². The van der Waals surface area contributed by atoms with Gasteiger partial charge < -0.3 is 10.6 Å². The van der Waals surface area contributed by atoms with Crippen molar-refractivity contribution < 1.29 is 9.59 Å². The molecule has 0 aliphatic carbocycles. The minimum absolute atomic E-state index is 0.226. The lowest BCUT2D eigenvalue weighted by Gasteiger charge is -2.13. The minimum atomic E-state index is -0.792. The van der Waals surface area contributed by atoms with Gasteiger partial charge in [-0.25, -0.2) is 4.98 Å². The number of amides is 1. The maximum Gasteiger partial charge on any atom is 0.247 e. The normalized spacial score (nSPS) is 19.7. The fourth-order valence-corrected chi connectivity index (χ4v) is 2.67. The SMILES string of the molecule is CCNc1nc2c(s1)C(=O)C(Br)C(=O)N2. The van der Waals surface area contributed by atoms with Gasteiger partial charge in [-0.15, -0.1) is 0 Å². The Bertz CT molecular complexity index is 432. The van der Waals surface area contributed by atoms with Gasteiger partial charge in [-0.05, 0) is 6.92 Å². The quantitative estimate of drug-likeness (QED) is 0.639. The second-order valence-electron chi connectivity index (χ2n) is 2.94.